The summed E-state index contributed by atoms with van der Waals surface area (Å²) in [4.78, 5) is 23.6. The summed E-state index contributed by atoms with van der Waals surface area (Å²) >= 11 is 6.61. The van der Waals surface area contributed by atoms with E-state index in [9.17, 15) is 4.79 Å². The summed E-state index contributed by atoms with van der Waals surface area (Å²) in [5, 5.41) is 2.63. The molecule has 1 unspecified atom stereocenters. The van der Waals surface area contributed by atoms with Crippen LogP contribution in [0.15, 0.2) is 32.9 Å². The second-order valence-electron chi connectivity index (χ2n) is 3.73. The lowest BCUT2D eigenvalue weighted by molar-refractivity contribution is -0.118. The van der Waals surface area contributed by atoms with Gasteiger partial charge in [0.05, 0.1) is 6.54 Å². The molecule has 18 heavy (non-hydrogen) atoms. The standard InChI is InChI=1S/C11H10Br2N4O/c1-6-16-10(9(13)11(18)17-6)15-4-7-2-8(12)5-14-3-7/h2-3,5,9H,4H2,1H3,(H,15,16,17,18). The summed E-state index contributed by atoms with van der Waals surface area (Å²) in [5.41, 5.74) is 0.954. The summed E-state index contributed by atoms with van der Waals surface area (Å²) in [7, 11) is 0. The first kappa shape index (κ1) is 13.4. The van der Waals surface area contributed by atoms with Gasteiger partial charge in [0.25, 0.3) is 0 Å². The van der Waals surface area contributed by atoms with Crippen LogP contribution in [0.4, 0.5) is 0 Å². The molecule has 1 aliphatic rings. The lowest BCUT2D eigenvalue weighted by Gasteiger charge is -2.16. The lowest BCUT2D eigenvalue weighted by atomic mass is 10.3. The molecule has 1 N–H and O–H groups in total. The van der Waals surface area contributed by atoms with E-state index in [1.54, 1.807) is 19.3 Å². The molecule has 2 heterocycles. The molecule has 0 radical (unpaired) electrons. The third kappa shape index (κ3) is 3.23. The number of hydrogen-bond donors (Lipinski definition) is 1. The normalized spacial score (nSPS) is 21.7. The van der Waals surface area contributed by atoms with Crippen molar-refractivity contribution in [2.24, 2.45) is 9.98 Å². The highest BCUT2D eigenvalue weighted by Crippen LogP contribution is 2.13. The molecule has 1 amide bonds. The van der Waals surface area contributed by atoms with Gasteiger partial charge >= 0.3 is 0 Å². The number of amidine groups is 2. The first-order chi connectivity index (χ1) is 8.56. The number of amides is 1. The summed E-state index contributed by atoms with van der Waals surface area (Å²) in [5.74, 6) is 0.895. The van der Waals surface area contributed by atoms with Crippen LogP contribution in [0, 0.1) is 0 Å². The van der Waals surface area contributed by atoms with Gasteiger partial charge in [0, 0.05) is 16.9 Å². The van der Waals surface area contributed by atoms with Crippen molar-refractivity contribution < 1.29 is 4.79 Å². The predicted molar refractivity (Wildman–Crippen MR) is 77.0 cm³/mol. The van der Waals surface area contributed by atoms with Crippen LogP contribution in [0.2, 0.25) is 0 Å². The van der Waals surface area contributed by atoms with Crippen LogP contribution < -0.4 is 5.32 Å². The van der Waals surface area contributed by atoms with Gasteiger partial charge in [-0.05, 0) is 34.5 Å². The van der Waals surface area contributed by atoms with E-state index in [1.165, 1.54) is 0 Å². The highest BCUT2D eigenvalue weighted by Gasteiger charge is 2.25. The topological polar surface area (TPSA) is 66.7 Å². The Balaban J connectivity index is 2.18. The van der Waals surface area contributed by atoms with Crippen LogP contribution in [-0.2, 0) is 11.3 Å². The molecule has 0 aromatic carbocycles. The highest BCUT2D eigenvalue weighted by molar-refractivity contribution is 9.10. The number of hydrogen-bond acceptors (Lipinski definition) is 3. The molecular formula is C11H10Br2N4O. The van der Waals surface area contributed by atoms with Crippen molar-refractivity contribution in [3.05, 3.63) is 28.5 Å². The minimum absolute atomic E-state index is 0.145. The van der Waals surface area contributed by atoms with Gasteiger partial charge in [-0.15, -0.1) is 0 Å². The average molecular weight is 374 g/mol. The Morgan fingerprint density at radius 3 is 3.00 bits per heavy atom. The SMILES string of the molecule is CC1=NC(=NCc2cncc(Br)c2)C(Br)C(=O)N1. The molecule has 0 fully saturated rings. The van der Waals surface area contributed by atoms with Gasteiger partial charge in [0.1, 0.15) is 11.7 Å². The van der Waals surface area contributed by atoms with Crippen LogP contribution >= 0.6 is 31.9 Å². The van der Waals surface area contributed by atoms with Crippen LogP contribution in [0.5, 0.6) is 0 Å². The Bertz CT molecular complexity index is 542. The van der Waals surface area contributed by atoms with Crippen LogP contribution in [-0.4, -0.2) is 27.4 Å². The second-order valence-corrected chi connectivity index (χ2v) is 5.57. The van der Waals surface area contributed by atoms with Gasteiger partial charge in [-0.1, -0.05) is 15.9 Å². The molecular weight excluding hydrogens is 364 g/mol. The zero-order valence-corrected chi connectivity index (χ0v) is 12.7. The number of aliphatic imine (C=N–C) groups is 2. The molecule has 5 nitrogen and oxygen atoms in total. The third-order valence-electron chi connectivity index (χ3n) is 2.23. The van der Waals surface area contributed by atoms with Gasteiger partial charge in [-0.25, -0.2) is 4.99 Å². The third-order valence-corrected chi connectivity index (χ3v) is 3.49. The number of carbonyl (C=O) groups excluding carboxylic acids is 1. The monoisotopic (exact) mass is 372 g/mol. The van der Waals surface area contributed by atoms with Crippen LogP contribution in [0.1, 0.15) is 12.5 Å². The maximum absolute atomic E-state index is 11.5. The zero-order valence-electron chi connectivity index (χ0n) is 9.52. The molecule has 2 rings (SSSR count). The Kier molecular flexibility index (Phi) is 4.23. The van der Waals surface area contributed by atoms with Crippen molar-refractivity contribution in [3.8, 4) is 0 Å². The van der Waals surface area contributed by atoms with Crippen molar-refractivity contribution in [3.63, 3.8) is 0 Å². The fraction of sp³-hybridized carbons (Fsp3) is 0.273. The quantitative estimate of drug-likeness (QED) is 0.806. The Labute approximate surface area is 121 Å². The smallest absolute Gasteiger partial charge is 0.246 e. The van der Waals surface area contributed by atoms with Gasteiger partial charge in [0.15, 0.2) is 4.83 Å². The molecule has 0 aliphatic carbocycles. The second kappa shape index (κ2) is 5.71. The number of nitrogens with zero attached hydrogens (tertiary/aromatic N) is 3. The first-order valence-electron chi connectivity index (χ1n) is 5.20. The summed E-state index contributed by atoms with van der Waals surface area (Å²) < 4.78 is 0.900. The molecule has 1 aromatic heterocycles. The van der Waals surface area contributed by atoms with Crippen molar-refractivity contribution >= 4 is 49.4 Å². The van der Waals surface area contributed by atoms with Crippen LogP contribution in [0.25, 0.3) is 0 Å². The maximum atomic E-state index is 11.5. The van der Waals surface area contributed by atoms with E-state index in [1.807, 2.05) is 6.07 Å². The fourth-order valence-electron chi connectivity index (χ4n) is 1.45. The molecule has 1 atom stereocenters. The molecule has 0 spiro atoms. The summed E-state index contributed by atoms with van der Waals surface area (Å²) in [6, 6.07) is 1.93. The minimum Gasteiger partial charge on any atom is -0.313 e. The lowest BCUT2D eigenvalue weighted by Crippen LogP contribution is -2.43. The van der Waals surface area contributed by atoms with E-state index >= 15 is 0 Å². The molecule has 1 aliphatic heterocycles. The Morgan fingerprint density at radius 1 is 1.50 bits per heavy atom. The predicted octanol–water partition coefficient (Wildman–Crippen LogP) is 2.05. The van der Waals surface area contributed by atoms with E-state index in [4.69, 9.17) is 0 Å². The van der Waals surface area contributed by atoms with Gasteiger partial charge in [-0.3, -0.25) is 14.8 Å². The summed E-state index contributed by atoms with van der Waals surface area (Å²) in [6.45, 7) is 2.17. The van der Waals surface area contributed by atoms with E-state index in [2.05, 4.69) is 52.1 Å². The number of nitrogens with one attached hydrogen (secondary N) is 1. The fourth-order valence-corrected chi connectivity index (χ4v) is 2.22. The molecule has 7 heteroatoms. The van der Waals surface area contributed by atoms with E-state index in [0.29, 0.717) is 18.2 Å². The number of carbonyl (C=O) groups is 1. The van der Waals surface area contributed by atoms with E-state index in [0.717, 1.165) is 10.0 Å². The molecule has 0 saturated carbocycles. The highest BCUT2D eigenvalue weighted by atomic mass is 79.9. The number of aromatic nitrogens is 1. The molecule has 1 aromatic rings. The number of pyridine rings is 1. The van der Waals surface area contributed by atoms with E-state index < -0.39 is 4.83 Å². The maximum Gasteiger partial charge on any atom is 0.246 e. The van der Waals surface area contributed by atoms with Crippen molar-refractivity contribution in [1.29, 1.82) is 0 Å². The first-order valence-corrected chi connectivity index (χ1v) is 6.91. The van der Waals surface area contributed by atoms with Gasteiger partial charge in [0.2, 0.25) is 5.91 Å². The molecule has 0 bridgehead atoms. The number of halogens is 2. The van der Waals surface area contributed by atoms with E-state index in [-0.39, 0.29) is 5.91 Å². The van der Waals surface area contributed by atoms with Gasteiger partial charge < -0.3 is 5.32 Å². The van der Waals surface area contributed by atoms with Gasteiger partial charge in [-0.2, -0.15) is 0 Å². The molecule has 94 valence electrons. The summed E-state index contributed by atoms with van der Waals surface area (Å²) in [6.07, 6.45) is 3.44. The Morgan fingerprint density at radius 2 is 2.28 bits per heavy atom. The molecule has 0 saturated heterocycles. The number of rotatable bonds is 2. The van der Waals surface area contributed by atoms with Crippen LogP contribution in [0.3, 0.4) is 0 Å². The average Bonchev–Trinajstić information content (AvgIpc) is 2.32. The minimum atomic E-state index is -0.499. The van der Waals surface area contributed by atoms with Crippen molar-refractivity contribution in [1.82, 2.24) is 10.3 Å². The van der Waals surface area contributed by atoms with Crippen molar-refractivity contribution in [2.45, 2.75) is 18.3 Å². The Hall–Kier alpha value is -1.08. The largest absolute Gasteiger partial charge is 0.313 e. The zero-order chi connectivity index (χ0) is 13.1. The number of alkyl halides is 1. The van der Waals surface area contributed by atoms with Crippen molar-refractivity contribution in [2.75, 3.05) is 0 Å².